The maximum atomic E-state index is 10.6. The topological polar surface area (TPSA) is 69.6 Å². The van der Waals surface area contributed by atoms with E-state index in [9.17, 15) is 4.79 Å². The summed E-state index contributed by atoms with van der Waals surface area (Å²) in [6, 6.07) is 3.85. The Labute approximate surface area is 112 Å². The van der Waals surface area contributed by atoms with Crippen molar-refractivity contribution in [3.8, 4) is 0 Å². The lowest BCUT2D eigenvalue weighted by Crippen LogP contribution is -2.22. The van der Waals surface area contributed by atoms with Crippen LogP contribution >= 0.6 is 11.3 Å². The van der Waals surface area contributed by atoms with E-state index in [0.29, 0.717) is 5.92 Å². The summed E-state index contributed by atoms with van der Waals surface area (Å²) >= 11 is 1.54. The molecule has 0 amide bonds. The number of rotatable bonds is 9. The van der Waals surface area contributed by atoms with Gasteiger partial charge in [0, 0.05) is 22.9 Å². The molecule has 3 N–H and O–H groups in total. The van der Waals surface area contributed by atoms with Crippen LogP contribution in [0, 0.1) is 5.92 Å². The third-order valence-corrected chi connectivity index (χ3v) is 3.97. The Hall–Kier alpha value is -0.910. The van der Waals surface area contributed by atoms with E-state index in [1.165, 1.54) is 0 Å². The Morgan fingerprint density at radius 2 is 2.17 bits per heavy atom. The fourth-order valence-electron chi connectivity index (χ4n) is 1.79. The fourth-order valence-corrected chi connectivity index (χ4v) is 2.77. The number of thiophene rings is 1. The largest absolute Gasteiger partial charge is 0.481 e. The molecule has 0 saturated carbocycles. The van der Waals surface area contributed by atoms with Gasteiger partial charge in [-0.25, -0.2) is 0 Å². The molecule has 0 saturated heterocycles. The molecule has 0 spiro atoms. The van der Waals surface area contributed by atoms with Gasteiger partial charge in [-0.3, -0.25) is 4.79 Å². The number of aliphatic carboxylic acids is 1. The zero-order valence-electron chi connectivity index (χ0n) is 10.7. The van der Waals surface area contributed by atoms with Gasteiger partial charge in [-0.2, -0.15) is 0 Å². The van der Waals surface area contributed by atoms with Crippen LogP contribution in [0.4, 0.5) is 0 Å². The van der Waals surface area contributed by atoms with E-state index < -0.39 is 5.97 Å². The Balaban J connectivity index is 2.30. The Bertz CT molecular complexity index is 365. The molecule has 1 aromatic heterocycles. The molecule has 0 bridgehead atoms. The van der Waals surface area contributed by atoms with Gasteiger partial charge in [0.15, 0.2) is 0 Å². The number of aliphatic hydroxyl groups excluding tert-OH is 1. The molecule has 0 aliphatic heterocycles. The molecule has 5 heteroatoms. The third kappa shape index (κ3) is 5.62. The summed E-state index contributed by atoms with van der Waals surface area (Å²) in [7, 11) is 0. The van der Waals surface area contributed by atoms with Gasteiger partial charge in [0.25, 0.3) is 0 Å². The van der Waals surface area contributed by atoms with Gasteiger partial charge >= 0.3 is 5.97 Å². The van der Waals surface area contributed by atoms with Gasteiger partial charge in [-0.15, -0.1) is 11.3 Å². The maximum Gasteiger partial charge on any atom is 0.308 e. The maximum absolute atomic E-state index is 10.6. The van der Waals surface area contributed by atoms with Gasteiger partial charge in [-0.05, 0) is 31.0 Å². The quantitative estimate of drug-likeness (QED) is 0.641. The highest BCUT2D eigenvalue weighted by atomic mass is 32.1. The molecule has 0 aliphatic rings. The second-order valence-electron chi connectivity index (χ2n) is 4.36. The summed E-state index contributed by atoms with van der Waals surface area (Å²) in [6.07, 6.45) is 1.99. The second-order valence-corrected chi connectivity index (χ2v) is 5.61. The smallest absolute Gasteiger partial charge is 0.308 e. The SMILES string of the molecule is CCC(CCO)CNCc1ccc(CC(=O)O)s1. The molecule has 0 fully saturated rings. The highest BCUT2D eigenvalue weighted by Gasteiger charge is 2.07. The van der Waals surface area contributed by atoms with E-state index in [1.807, 2.05) is 12.1 Å². The highest BCUT2D eigenvalue weighted by Crippen LogP contribution is 2.17. The van der Waals surface area contributed by atoms with Crippen molar-refractivity contribution >= 4 is 17.3 Å². The summed E-state index contributed by atoms with van der Waals surface area (Å²) < 4.78 is 0. The van der Waals surface area contributed by atoms with E-state index in [1.54, 1.807) is 11.3 Å². The number of carbonyl (C=O) groups is 1. The first-order chi connectivity index (χ1) is 8.65. The van der Waals surface area contributed by atoms with Crippen LogP contribution in [0.1, 0.15) is 29.5 Å². The Morgan fingerprint density at radius 1 is 1.44 bits per heavy atom. The summed E-state index contributed by atoms with van der Waals surface area (Å²) in [6.45, 7) is 4.02. The van der Waals surface area contributed by atoms with E-state index in [2.05, 4.69) is 12.2 Å². The van der Waals surface area contributed by atoms with Gasteiger partial charge in [0.05, 0.1) is 6.42 Å². The molecule has 0 aliphatic carbocycles. The average molecular weight is 271 g/mol. The van der Waals surface area contributed by atoms with Crippen LogP contribution in [0.25, 0.3) is 0 Å². The molecule has 4 nitrogen and oxygen atoms in total. The first-order valence-corrected chi connectivity index (χ1v) is 7.08. The molecule has 18 heavy (non-hydrogen) atoms. The van der Waals surface area contributed by atoms with Crippen LogP contribution in [-0.2, 0) is 17.8 Å². The lowest BCUT2D eigenvalue weighted by atomic mass is 10.0. The zero-order chi connectivity index (χ0) is 13.4. The van der Waals surface area contributed by atoms with Gasteiger partial charge in [0.1, 0.15) is 0 Å². The molecule has 0 aromatic carbocycles. The number of aliphatic hydroxyl groups is 1. The molecule has 1 heterocycles. The minimum absolute atomic E-state index is 0.104. The Kier molecular flexibility index (Phi) is 6.93. The van der Waals surface area contributed by atoms with Crippen molar-refractivity contribution < 1.29 is 15.0 Å². The van der Waals surface area contributed by atoms with Crippen molar-refractivity contribution in [2.24, 2.45) is 5.92 Å². The van der Waals surface area contributed by atoms with Gasteiger partial charge in [0.2, 0.25) is 0 Å². The van der Waals surface area contributed by atoms with Crippen molar-refractivity contribution in [2.75, 3.05) is 13.2 Å². The van der Waals surface area contributed by atoms with E-state index >= 15 is 0 Å². The fraction of sp³-hybridized carbons (Fsp3) is 0.615. The lowest BCUT2D eigenvalue weighted by Gasteiger charge is -2.13. The van der Waals surface area contributed by atoms with Gasteiger partial charge < -0.3 is 15.5 Å². The number of hydrogen-bond acceptors (Lipinski definition) is 4. The first kappa shape index (κ1) is 15.1. The van der Waals surface area contributed by atoms with Crippen LogP contribution in [0.2, 0.25) is 0 Å². The Morgan fingerprint density at radius 3 is 2.78 bits per heavy atom. The van der Waals surface area contributed by atoms with Crippen LogP contribution in [0.15, 0.2) is 12.1 Å². The van der Waals surface area contributed by atoms with E-state index in [4.69, 9.17) is 10.2 Å². The van der Waals surface area contributed by atoms with Crippen LogP contribution < -0.4 is 5.32 Å². The molecule has 0 radical (unpaired) electrons. The van der Waals surface area contributed by atoms with Gasteiger partial charge in [-0.1, -0.05) is 13.3 Å². The number of hydrogen-bond donors (Lipinski definition) is 3. The summed E-state index contributed by atoms with van der Waals surface area (Å²) in [4.78, 5) is 12.6. The minimum atomic E-state index is -0.787. The van der Waals surface area contributed by atoms with E-state index in [-0.39, 0.29) is 13.0 Å². The molecular formula is C13H21NO3S. The normalized spacial score (nSPS) is 12.6. The second kappa shape index (κ2) is 8.24. The molecular weight excluding hydrogens is 250 g/mol. The first-order valence-electron chi connectivity index (χ1n) is 6.26. The van der Waals surface area contributed by atoms with Crippen LogP contribution in [0.5, 0.6) is 0 Å². The van der Waals surface area contributed by atoms with Crippen LogP contribution in [0.3, 0.4) is 0 Å². The predicted molar refractivity (Wildman–Crippen MR) is 72.8 cm³/mol. The molecule has 102 valence electrons. The lowest BCUT2D eigenvalue weighted by molar-refractivity contribution is -0.136. The number of carboxylic acid groups (broad SMARTS) is 1. The summed E-state index contributed by atoms with van der Waals surface area (Å²) in [5.41, 5.74) is 0. The zero-order valence-corrected chi connectivity index (χ0v) is 11.5. The highest BCUT2D eigenvalue weighted by molar-refractivity contribution is 7.12. The average Bonchev–Trinajstić information content (AvgIpc) is 2.74. The van der Waals surface area contributed by atoms with Crippen molar-refractivity contribution in [2.45, 2.75) is 32.7 Å². The van der Waals surface area contributed by atoms with E-state index in [0.717, 1.165) is 35.7 Å². The molecule has 1 rings (SSSR count). The minimum Gasteiger partial charge on any atom is -0.481 e. The molecule has 1 unspecified atom stereocenters. The molecule has 1 aromatic rings. The molecule has 1 atom stereocenters. The number of carboxylic acids is 1. The summed E-state index contributed by atoms with van der Waals surface area (Å²) in [5.74, 6) is -0.279. The van der Waals surface area contributed by atoms with Crippen molar-refractivity contribution in [1.82, 2.24) is 5.32 Å². The van der Waals surface area contributed by atoms with Crippen molar-refractivity contribution in [3.05, 3.63) is 21.9 Å². The third-order valence-electron chi connectivity index (χ3n) is 2.89. The monoisotopic (exact) mass is 271 g/mol. The van der Waals surface area contributed by atoms with Crippen molar-refractivity contribution in [3.63, 3.8) is 0 Å². The number of nitrogens with one attached hydrogen (secondary N) is 1. The predicted octanol–water partition coefficient (Wildman–Crippen LogP) is 1.87. The summed E-state index contributed by atoms with van der Waals surface area (Å²) in [5, 5.41) is 20.9. The standard InChI is InChI=1S/C13H21NO3S/c1-2-10(5-6-15)8-14-9-12-4-3-11(18-12)7-13(16)17/h3-4,10,14-15H,2,5-9H2,1H3,(H,16,17). The van der Waals surface area contributed by atoms with Crippen molar-refractivity contribution in [1.29, 1.82) is 0 Å². The van der Waals surface area contributed by atoms with Crippen LogP contribution in [-0.4, -0.2) is 29.3 Å².